The van der Waals surface area contributed by atoms with Crippen LogP contribution in [0.1, 0.15) is 25.1 Å². The van der Waals surface area contributed by atoms with Crippen molar-refractivity contribution in [3.63, 3.8) is 0 Å². The maximum Gasteiger partial charge on any atom is 0.324 e. The average molecular weight is 537 g/mol. The highest BCUT2D eigenvalue weighted by Crippen LogP contribution is 2.34. The summed E-state index contributed by atoms with van der Waals surface area (Å²) in [5.74, 6) is 4.13. The zero-order chi connectivity index (χ0) is 27.6. The Hall–Kier alpha value is -4.87. The number of carbonyl (C=O) groups is 1. The van der Waals surface area contributed by atoms with Crippen LogP contribution in [0.5, 0.6) is 11.6 Å². The number of aryl methyl sites for hydroxylation is 1. The number of terminal acetylenes is 1. The molecule has 2 aromatic heterocycles. The minimum atomic E-state index is -0.622. The number of hydrogen-bond acceptors (Lipinski definition) is 5. The summed E-state index contributed by atoms with van der Waals surface area (Å²) in [7, 11) is 0. The first kappa shape index (κ1) is 25.8. The van der Waals surface area contributed by atoms with Gasteiger partial charge < -0.3 is 10.1 Å². The molecule has 0 unspecified atom stereocenters. The van der Waals surface area contributed by atoms with Crippen LogP contribution >= 0.6 is 11.6 Å². The van der Waals surface area contributed by atoms with E-state index in [-0.39, 0.29) is 5.28 Å². The van der Waals surface area contributed by atoms with Gasteiger partial charge in [0.2, 0.25) is 11.2 Å². The Morgan fingerprint density at radius 2 is 1.77 bits per heavy atom. The number of fused-ring (bicyclic) bond motifs is 1. The van der Waals surface area contributed by atoms with Crippen LogP contribution in [-0.2, 0) is 5.41 Å². The molecule has 39 heavy (non-hydrogen) atoms. The fourth-order valence-electron chi connectivity index (χ4n) is 3.96. The van der Waals surface area contributed by atoms with Gasteiger partial charge in [-0.15, -0.1) is 6.42 Å². The number of carbonyl (C=O) groups excluding carboxylic acids is 1. The van der Waals surface area contributed by atoms with Crippen LogP contribution in [0, 0.1) is 19.3 Å². The molecule has 2 heterocycles. The second-order valence-electron chi connectivity index (χ2n) is 9.43. The Kier molecular flexibility index (Phi) is 6.92. The molecule has 0 bridgehead atoms. The van der Waals surface area contributed by atoms with Gasteiger partial charge in [-0.2, -0.15) is 10.1 Å². The van der Waals surface area contributed by atoms with Gasteiger partial charge in [0.25, 0.3) is 0 Å². The van der Waals surface area contributed by atoms with Crippen LogP contribution in [0.15, 0.2) is 79.0 Å². The third-order valence-electron chi connectivity index (χ3n) is 6.18. The maximum atomic E-state index is 13.2. The van der Waals surface area contributed by atoms with Crippen LogP contribution in [-0.4, -0.2) is 25.8 Å². The number of rotatable bonds is 6. The van der Waals surface area contributed by atoms with Crippen LogP contribution in [0.25, 0.3) is 16.5 Å². The number of hydrogen-bond donors (Lipinski definition) is 2. The molecule has 0 radical (unpaired) electrons. The molecule has 5 aromatic rings. The normalized spacial score (nSPS) is 11.2. The van der Waals surface area contributed by atoms with Gasteiger partial charge in [-0.05, 0) is 56.6 Å². The highest BCUT2D eigenvalue weighted by Gasteiger charge is 2.24. The molecule has 194 valence electrons. The number of aromatic nitrogens is 4. The maximum absolute atomic E-state index is 13.2. The topological polar surface area (TPSA) is 94.0 Å². The van der Waals surface area contributed by atoms with Crippen molar-refractivity contribution in [2.45, 2.75) is 26.2 Å². The first-order valence-electron chi connectivity index (χ1n) is 12.1. The molecular weight excluding hydrogens is 512 g/mol. The van der Waals surface area contributed by atoms with Crippen molar-refractivity contribution in [3.8, 4) is 29.7 Å². The number of nitrogens with one attached hydrogen (secondary N) is 2. The molecule has 9 heteroatoms. The summed E-state index contributed by atoms with van der Waals surface area (Å²) in [4.78, 5) is 21.2. The molecule has 0 spiro atoms. The molecule has 0 atom stereocenters. The van der Waals surface area contributed by atoms with Crippen molar-refractivity contribution in [2.24, 2.45) is 0 Å². The molecular formula is C30H25ClN6O2. The molecule has 0 aliphatic heterocycles. The monoisotopic (exact) mass is 536 g/mol. The van der Waals surface area contributed by atoms with E-state index in [2.05, 4.69) is 26.5 Å². The predicted molar refractivity (Wildman–Crippen MR) is 154 cm³/mol. The van der Waals surface area contributed by atoms with E-state index in [4.69, 9.17) is 27.9 Å². The molecule has 2 amide bonds. The number of amides is 2. The number of benzene rings is 3. The van der Waals surface area contributed by atoms with E-state index in [0.29, 0.717) is 28.8 Å². The van der Waals surface area contributed by atoms with Gasteiger partial charge in [0.1, 0.15) is 11.6 Å². The largest absolute Gasteiger partial charge is 0.438 e. The first-order valence-corrected chi connectivity index (χ1v) is 12.5. The van der Waals surface area contributed by atoms with Crippen molar-refractivity contribution < 1.29 is 9.53 Å². The van der Waals surface area contributed by atoms with Crippen LogP contribution in [0.4, 0.5) is 16.3 Å². The fourth-order valence-corrected chi connectivity index (χ4v) is 4.10. The van der Waals surface area contributed by atoms with E-state index in [1.165, 1.54) is 6.20 Å². The van der Waals surface area contributed by atoms with Crippen molar-refractivity contribution in [3.05, 3.63) is 95.5 Å². The molecule has 3 aromatic carbocycles. The molecule has 0 saturated carbocycles. The third-order valence-corrected chi connectivity index (χ3v) is 6.36. The molecule has 8 nitrogen and oxygen atoms in total. The number of ether oxygens (including phenoxy) is 1. The lowest BCUT2D eigenvalue weighted by Crippen LogP contribution is -2.21. The summed E-state index contributed by atoms with van der Waals surface area (Å²) in [6.07, 6.45) is 7.28. The Labute approximate surface area is 231 Å². The highest BCUT2D eigenvalue weighted by molar-refractivity contribution is 6.28. The Morgan fingerprint density at radius 1 is 1.03 bits per heavy atom. The van der Waals surface area contributed by atoms with Crippen LogP contribution in [0.2, 0.25) is 5.28 Å². The lowest BCUT2D eigenvalue weighted by molar-refractivity contribution is 0.262. The summed E-state index contributed by atoms with van der Waals surface area (Å²) in [5, 5.41) is 12.3. The zero-order valence-electron chi connectivity index (χ0n) is 21.6. The van der Waals surface area contributed by atoms with Gasteiger partial charge >= 0.3 is 6.03 Å². The molecule has 0 aliphatic carbocycles. The number of anilines is 2. The van der Waals surface area contributed by atoms with Gasteiger partial charge in [0.15, 0.2) is 0 Å². The van der Waals surface area contributed by atoms with Gasteiger partial charge in [-0.3, -0.25) is 5.32 Å². The molecule has 0 saturated heterocycles. The Balaban J connectivity index is 1.44. The molecule has 0 aliphatic rings. The standard InChI is InChI=1S/C30H25ClN6O2/c1-5-30(3,4)25-18-26(37(36-25)20-12-10-19(2)11-13-20)34-29(38)33-23-14-15-24(22-9-7-6-8-21(22)23)39-27-16-17-32-28(31)35-27/h1,6-18H,2-4H3,(H2,33,34,38). The van der Waals surface area contributed by atoms with E-state index in [9.17, 15) is 4.79 Å². The molecule has 5 rings (SSSR count). The summed E-state index contributed by atoms with van der Waals surface area (Å²) < 4.78 is 7.63. The average Bonchev–Trinajstić information content (AvgIpc) is 3.35. The van der Waals surface area contributed by atoms with E-state index < -0.39 is 11.4 Å². The highest BCUT2D eigenvalue weighted by atomic mass is 35.5. The lowest BCUT2D eigenvalue weighted by Gasteiger charge is -2.14. The summed E-state index contributed by atoms with van der Waals surface area (Å²) in [5.41, 5.74) is 2.55. The number of nitrogens with zero attached hydrogens (tertiary/aromatic N) is 4. The minimum Gasteiger partial charge on any atom is -0.438 e. The van der Waals surface area contributed by atoms with E-state index in [1.54, 1.807) is 28.9 Å². The third kappa shape index (κ3) is 5.54. The van der Waals surface area contributed by atoms with Gasteiger partial charge in [-0.1, -0.05) is 47.9 Å². The fraction of sp³-hybridized carbons (Fsp3) is 0.133. The van der Waals surface area contributed by atoms with Gasteiger partial charge in [0.05, 0.1) is 22.5 Å². The SMILES string of the molecule is C#CC(C)(C)c1cc(NC(=O)Nc2ccc(Oc3ccnc(Cl)n3)c3ccccc23)n(-c2ccc(C)cc2)n1. The number of urea groups is 1. The smallest absolute Gasteiger partial charge is 0.324 e. The number of halogens is 1. The quantitative estimate of drug-likeness (QED) is 0.178. The van der Waals surface area contributed by atoms with E-state index >= 15 is 0 Å². The predicted octanol–water partition coefficient (Wildman–Crippen LogP) is 7.12. The molecule has 0 fully saturated rings. The van der Waals surface area contributed by atoms with Crippen molar-refractivity contribution >= 4 is 39.9 Å². The summed E-state index contributed by atoms with van der Waals surface area (Å²) in [6, 6.07) is 21.9. The van der Waals surface area contributed by atoms with Crippen molar-refractivity contribution in [1.29, 1.82) is 0 Å². The molecule has 2 N–H and O–H groups in total. The van der Waals surface area contributed by atoms with Gasteiger partial charge in [0, 0.05) is 29.1 Å². The van der Waals surface area contributed by atoms with E-state index in [1.807, 2.05) is 69.3 Å². The zero-order valence-corrected chi connectivity index (χ0v) is 22.3. The van der Waals surface area contributed by atoms with Crippen LogP contribution < -0.4 is 15.4 Å². The first-order chi connectivity index (χ1) is 18.7. The van der Waals surface area contributed by atoms with E-state index in [0.717, 1.165) is 22.0 Å². The lowest BCUT2D eigenvalue weighted by atomic mass is 9.91. The Bertz CT molecular complexity index is 1720. The van der Waals surface area contributed by atoms with Crippen molar-refractivity contribution in [2.75, 3.05) is 10.6 Å². The minimum absolute atomic E-state index is 0.0884. The summed E-state index contributed by atoms with van der Waals surface area (Å²) >= 11 is 5.90. The second kappa shape index (κ2) is 10.5. The Morgan fingerprint density at radius 3 is 2.49 bits per heavy atom. The van der Waals surface area contributed by atoms with Gasteiger partial charge in [-0.25, -0.2) is 14.5 Å². The van der Waals surface area contributed by atoms with Crippen LogP contribution in [0.3, 0.4) is 0 Å². The summed E-state index contributed by atoms with van der Waals surface area (Å²) in [6.45, 7) is 5.82. The second-order valence-corrected chi connectivity index (χ2v) is 9.77. The van der Waals surface area contributed by atoms with Crippen molar-refractivity contribution in [1.82, 2.24) is 19.7 Å².